The molecular formula is C20H17F5N2O. The number of nitrogens with zero attached hydrogens (tertiary/aromatic N) is 1. The molecular weight excluding hydrogens is 379 g/mol. The van der Waals surface area contributed by atoms with Crippen molar-refractivity contribution in [1.29, 1.82) is 0 Å². The lowest BCUT2D eigenvalue weighted by atomic mass is 9.88. The average Bonchev–Trinajstić information content (AvgIpc) is 3.25. The summed E-state index contributed by atoms with van der Waals surface area (Å²) in [6.07, 6.45) is -4.31. The first-order chi connectivity index (χ1) is 13.2. The van der Waals surface area contributed by atoms with Crippen molar-refractivity contribution >= 4 is 6.03 Å². The fourth-order valence-electron chi connectivity index (χ4n) is 3.60. The molecule has 1 heterocycles. The van der Waals surface area contributed by atoms with E-state index >= 15 is 0 Å². The van der Waals surface area contributed by atoms with Crippen molar-refractivity contribution in [1.82, 2.24) is 10.2 Å². The van der Waals surface area contributed by atoms with E-state index in [1.54, 1.807) is 6.07 Å². The van der Waals surface area contributed by atoms with Crippen molar-refractivity contribution in [3.8, 4) is 0 Å². The van der Waals surface area contributed by atoms with Gasteiger partial charge in [0, 0.05) is 13.0 Å². The molecule has 1 aliphatic heterocycles. The number of hydrogen-bond donors (Lipinski definition) is 1. The maximum absolute atomic E-state index is 13.2. The third-order valence-corrected chi connectivity index (χ3v) is 5.22. The Morgan fingerprint density at radius 3 is 2.32 bits per heavy atom. The molecule has 2 amide bonds. The monoisotopic (exact) mass is 396 g/mol. The first-order valence-corrected chi connectivity index (χ1v) is 8.87. The van der Waals surface area contributed by atoms with Gasteiger partial charge in [-0.05, 0) is 35.2 Å². The Morgan fingerprint density at radius 2 is 1.71 bits per heavy atom. The second-order valence-corrected chi connectivity index (χ2v) is 7.13. The second kappa shape index (κ2) is 6.46. The van der Waals surface area contributed by atoms with Crippen molar-refractivity contribution in [3.63, 3.8) is 0 Å². The molecule has 1 unspecified atom stereocenters. The maximum atomic E-state index is 13.2. The van der Waals surface area contributed by atoms with Crippen molar-refractivity contribution in [2.45, 2.75) is 37.0 Å². The van der Waals surface area contributed by atoms with Crippen LogP contribution in [-0.4, -0.2) is 29.4 Å². The molecule has 0 radical (unpaired) electrons. The molecule has 0 aromatic heterocycles. The fourth-order valence-corrected chi connectivity index (χ4v) is 3.60. The number of benzene rings is 2. The molecule has 1 fully saturated rings. The topological polar surface area (TPSA) is 32.3 Å². The van der Waals surface area contributed by atoms with E-state index in [0.29, 0.717) is 12.0 Å². The zero-order valence-corrected chi connectivity index (χ0v) is 14.6. The van der Waals surface area contributed by atoms with Gasteiger partial charge in [0.05, 0.1) is 11.6 Å². The molecule has 0 spiro atoms. The van der Waals surface area contributed by atoms with Crippen LogP contribution in [0, 0.1) is 0 Å². The lowest BCUT2D eigenvalue weighted by Gasteiger charge is -2.37. The van der Waals surface area contributed by atoms with Gasteiger partial charge in [0.2, 0.25) is 0 Å². The first kappa shape index (κ1) is 18.7. The van der Waals surface area contributed by atoms with Gasteiger partial charge < -0.3 is 10.2 Å². The van der Waals surface area contributed by atoms with Crippen molar-refractivity contribution in [2.75, 3.05) is 6.54 Å². The smallest absolute Gasteiger partial charge is 0.329 e. The third kappa shape index (κ3) is 3.43. The van der Waals surface area contributed by atoms with Gasteiger partial charge in [-0.1, -0.05) is 36.4 Å². The van der Waals surface area contributed by atoms with Crippen molar-refractivity contribution in [2.24, 2.45) is 0 Å². The summed E-state index contributed by atoms with van der Waals surface area (Å²) < 4.78 is 65.0. The molecule has 8 heteroatoms. The minimum Gasteiger partial charge on any atom is -0.329 e. The van der Waals surface area contributed by atoms with Crippen LogP contribution in [0.15, 0.2) is 48.5 Å². The Balaban J connectivity index is 1.67. The zero-order chi connectivity index (χ0) is 20.1. The van der Waals surface area contributed by atoms with E-state index < -0.39 is 42.2 Å². The van der Waals surface area contributed by atoms with Gasteiger partial charge in [-0.2, -0.15) is 13.2 Å². The van der Waals surface area contributed by atoms with E-state index in [1.807, 2.05) is 18.2 Å². The number of fused-ring (bicyclic) bond motifs is 1. The minimum absolute atomic E-state index is 0.285. The molecule has 2 aliphatic rings. The van der Waals surface area contributed by atoms with E-state index in [2.05, 4.69) is 5.32 Å². The Labute approximate surface area is 158 Å². The number of halogens is 5. The van der Waals surface area contributed by atoms with Crippen LogP contribution in [0.5, 0.6) is 0 Å². The van der Waals surface area contributed by atoms with Gasteiger partial charge in [0.1, 0.15) is 6.04 Å². The standard InChI is InChI=1S/C20H17F5N2O/c21-19(22)11-16(19)26-18(28)27-10-9-12-3-1-2-4-15(12)17(27)13-5-7-14(8-6-13)20(23,24)25/h1-8,16-17H,9-11H2,(H,26,28)/t16?,17-/m1/s1. The van der Waals surface area contributed by atoms with E-state index in [0.717, 1.165) is 23.3 Å². The van der Waals surface area contributed by atoms with Gasteiger partial charge in [-0.3, -0.25) is 0 Å². The summed E-state index contributed by atoms with van der Waals surface area (Å²) in [6, 6.07) is 9.49. The summed E-state index contributed by atoms with van der Waals surface area (Å²) in [5.74, 6) is -2.90. The second-order valence-electron chi connectivity index (χ2n) is 7.13. The quantitative estimate of drug-likeness (QED) is 0.729. The number of alkyl halides is 5. The van der Waals surface area contributed by atoms with Crippen LogP contribution < -0.4 is 5.32 Å². The van der Waals surface area contributed by atoms with E-state index in [1.165, 1.54) is 17.0 Å². The average molecular weight is 396 g/mol. The summed E-state index contributed by atoms with van der Waals surface area (Å²) in [4.78, 5) is 14.1. The Morgan fingerprint density at radius 1 is 1.07 bits per heavy atom. The van der Waals surface area contributed by atoms with Crippen molar-refractivity contribution in [3.05, 3.63) is 70.8 Å². The highest BCUT2D eigenvalue weighted by atomic mass is 19.4. The Hall–Kier alpha value is -2.64. The molecule has 1 saturated carbocycles. The molecule has 1 aliphatic carbocycles. The normalized spacial score (nSPS) is 23.1. The third-order valence-electron chi connectivity index (χ3n) is 5.22. The number of carbonyl (C=O) groups excluding carboxylic acids is 1. The molecule has 148 valence electrons. The summed E-state index contributed by atoms with van der Waals surface area (Å²) >= 11 is 0. The summed E-state index contributed by atoms with van der Waals surface area (Å²) in [7, 11) is 0. The van der Waals surface area contributed by atoms with E-state index in [9.17, 15) is 26.7 Å². The van der Waals surface area contributed by atoms with Gasteiger partial charge >= 0.3 is 12.2 Å². The van der Waals surface area contributed by atoms with E-state index in [4.69, 9.17) is 0 Å². The van der Waals surface area contributed by atoms with Gasteiger partial charge in [0.25, 0.3) is 5.92 Å². The summed E-state index contributed by atoms with van der Waals surface area (Å²) in [5.41, 5.74) is 1.48. The highest BCUT2D eigenvalue weighted by molar-refractivity contribution is 5.77. The lowest BCUT2D eigenvalue weighted by molar-refractivity contribution is -0.137. The van der Waals surface area contributed by atoms with Gasteiger partial charge in [-0.25, -0.2) is 13.6 Å². The number of urea groups is 1. The Bertz CT molecular complexity index is 894. The molecule has 3 nitrogen and oxygen atoms in total. The minimum atomic E-state index is -4.46. The Kier molecular flexibility index (Phi) is 4.32. The molecule has 2 atom stereocenters. The van der Waals surface area contributed by atoms with Crippen molar-refractivity contribution < 1.29 is 26.7 Å². The van der Waals surface area contributed by atoms with Gasteiger partial charge in [0.15, 0.2) is 0 Å². The summed E-state index contributed by atoms with van der Waals surface area (Å²) in [6.45, 7) is 0.285. The predicted octanol–water partition coefficient (Wildman–Crippen LogP) is 4.77. The highest BCUT2D eigenvalue weighted by Crippen LogP contribution is 2.42. The number of rotatable bonds is 2. The van der Waals surface area contributed by atoms with Crippen LogP contribution in [-0.2, 0) is 12.6 Å². The predicted molar refractivity (Wildman–Crippen MR) is 92.0 cm³/mol. The van der Waals surface area contributed by atoms with Crippen LogP contribution >= 0.6 is 0 Å². The number of hydrogen-bond acceptors (Lipinski definition) is 1. The molecule has 28 heavy (non-hydrogen) atoms. The highest BCUT2D eigenvalue weighted by Gasteiger charge is 2.58. The summed E-state index contributed by atoms with van der Waals surface area (Å²) in [5, 5.41) is 2.34. The molecule has 0 saturated heterocycles. The van der Waals surface area contributed by atoms with Gasteiger partial charge in [-0.15, -0.1) is 0 Å². The molecule has 2 aromatic rings. The van der Waals surface area contributed by atoms with Crippen LogP contribution in [0.2, 0.25) is 0 Å². The lowest BCUT2D eigenvalue weighted by Crippen LogP contribution is -2.47. The SMILES string of the molecule is O=C(NC1CC1(F)F)N1CCc2ccccc2[C@H]1c1ccc(C(F)(F)F)cc1. The largest absolute Gasteiger partial charge is 0.416 e. The molecule has 0 bridgehead atoms. The first-order valence-electron chi connectivity index (χ1n) is 8.87. The number of carbonyl (C=O) groups is 1. The van der Waals surface area contributed by atoms with Crippen LogP contribution in [0.25, 0.3) is 0 Å². The zero-order valence-electron chi connectivity index (χ0n) is 14.6. The van der Waals surface area contributed by atoms with Crippen LogP contribution in [0.1, 0.15) is 34.7 Å². The number of amides is 2. The van der Waals surface area contributed by atoms with Crippen LogP contribution in [0.4, 0.5) is 26.7 Å². The van der Waals surface area contributed by atoms with Crippen LogP contribution in [0.3, 0.4) is 0 Å². The molecule has 2 aromatic carbocycles. The van der Waals surface area contributed by atoms with E-state index in [-0.39, 0.29) is 6.54 Å². The molecule has 1 N–H and O–H groups in total. The fraction of sp³-hybridized carbons (Fsp3) is 0.350. The number of nitrogens with one attached hydrogen (secondary N) is 1. The maximum Gasteiger partial charge on any atom is 0.416 e. The molecule has 4 rings (SSSR count).